The van der Waals surface area contributed by atoms with Crippen LogP contribution in [0.25, 0.3) is 0 Å². The second-order valence-electron chi connectivity index (χ2n) is 8.84. The quantitative estimate of drug-likeness (QED) is 0.731. The van der Waals surface area contributed by atoms with E-state index >= 15 is 0 Å². The van der Waals surface area contributed by atoms with E-state index in [0.29, 0.717) is 12.3 Å². The smallest absolute Gasteiger partial charge is 0.410 e. The lowest BCUT2D eigenvalue weighted by Gasteiger charge is -2.27. The summed E-state index contributed by atoms with van der Waals surface area (Å²) in [5.74, 6) is 0.602. The van der Waals surface area contributed by atoms with E-state index in [9.17, 15) is 4.79 Å². The lowest BCUT2D eigenvalue weighted by molar-refractivity contribution is 0.00110. The summed E-state index contributed by atoms with van der Waals surface area (Å²) in [5.41, 5.74) is 3.72. The third-order valence-electron chi connectivity index (χ3n) is 6.39. The fourth-order valence-corrected chi connectivity index (χ4v) is 4.42. The second kappa shape index (κ2) is 9.09. The van der Waals surface area contributed by atoms with Crippen molar-refractivity contribution in [3.63, 3.8) is 0 Å². The van der Waals surface area contributed by atoms with Crippen molar-refractivity contribution in [2.24, 2.45) is 0 Å². The molecule has 2 atom stereocenters. The Balaban J connectivity index is 1.40. The van der Waals surface area contributed by atoms with Gasteiger partial charge in [-0.25, -0.2) is 4.79 Å². The molecule has 2 unspecified atom stereocenters. The van der Waals surface area contributed by atoms with E-state index < -0.39 is 0 Å². The molecule has 0 saturated carbocycles. The lowest BCUT2D eigenvalue weighted by Crippen LogP contribution is -2.38. The fourth-order valence-electron chi connectivity index (χ4n) is 4.42. The molecule has 1 N–H and O–H groups in total. The fraction of sp³-hybridized carbons (Fsp3) is 0.480. The molecule has 30 heavy (non-hydrogen) atoms. The maximum atomic E-state index is 12.6. The third-order valence-corrected chi connectivity index (χ3v) is 6.39. The van der Waals surface area contributed by atoms with E-state index in [-0.39, 0.29) is 17.6 Å². The summed E-state index contributed by atoms with van der Waals surface area (Å²) in [7, 11) is 1.78. The van der Waals surface area contributed by atoms with Gasteiger partial charge in [0.25, 0.3) is 0 Å². The maximum Gasteiger partial charge on any atom is 0.415 e. The van der Waals surface area contributed by atoms with Gasteiger partial charge in [0, 0.05) is 37.8 Å². The van der Waals surface area contributed by atoms with Gasteiger partial charge >= 0.3 is 6.09 Å². The summed E-state index contributed by atoms with van der Waals surface area (Å²) in [4.78, 5) is 14.2. The molecule has 160 valence electrons. The van der Waals surface area contributed by atoms with Crippen LogP contribution in [0.1, 0.15) is 43.7 Å². The Morgan fingerprint density at radius 3 is 2.83 bits per heavy atom. The predicted molar refractivity (Wildman–Crippen MR) is 119 cm³/mol. The van der Waals surface area contributed by atoms with Gasteiger partial charge in [0.15, 0.2) is 0 Å². The number of likely N-dealkylation sites (N-methyl/N-ethyl adjacent to an activating group) is 1. The van der Waals surface area contributed by atoms with Crippen molar-refractivity contribution in [1.29, 1.82) is 0 Å². The number of rotatable bonds is 6. The van der Waals surface area contributed by atoms with Gasteiger partial charge in [-0.1, -0.05) is 37.3 Å². The number of benzene rings is 2. The number of anilines is 1. The first-order valence-electron chi connectivity index (χ1n) is 11.0. The first-order chi connectivity index (χ1) is 14.5. The molecule has 2 aromatic carbocycles. The SMILES string of the molecule is CN(CC1CCCCO1)C(=O)Oc1ccc2c(c1)C(C)(CCc1ccccc1)CN2. The van der Waals surface area contributed by atoms with Gasteiger partial charge in [0.1, 0.15) is 5.75 Å². The van der Waals surface area contributed by atoms with Gasteiger partial charge in [-0.3, -0.25) is 0 Å². The summed E-state index contributed by atoms with van der Waals surface area (Å²) in [6, 6.07) is 16.5. The standard InChI is InChI=1S/C25H32N2O3/c1-25(14-13-19-8-4-3-5-9-19)18-26-23-12-11-20(16-22(23)25)30-24(28)27(2)17-21-10-6-7-15-29-21/h3-5,8-9,11-12,16,21,26H,6-7,10,13-15,17-18H2,1-2H3. The Morgan fingerprint density at radius 2 is 2.07 bits per heavy atom. The Hall–Kier alpha value is -2.53. The number of carbonyl (C=O) groups is 1. The molecule has 0 radical (unpaired) electrons. The van der Waals surface area contributed by atoms with Gasteiger partial charge in [0.2, 0.25) is 0 Å². The van der Waals surface area contributed by atoms with E-state index in [1.54, 1.807) is 11.9 Å². The summed E-state index contributed by atoms with van der Waals surface area (Å²) < 4.78 is 11.4. The molecule has 0 aromatic heterocycles. The zero-order valence-corrected chi connectivity index (χ0v) is 18.0. The molecule has 4 rings (SSSR count). The van der Waals surface area contributed by atoms with Crippen molar-refractivity contribution >= 4 is 11.8 Å². The Kier molecular flexibility index (Phi) is 6.28. The molecule has 1 amide bonds. The van der Waals surface area contributed by atoms with Gasteiger partial charge in [0.05, 0.1) is 6.10 Å². The highest BCUT2D eigenvalue weighted by molar-refractivity contribution is 5.71. The molecule has 0 aliphatic carbocycles. The normalized spacial score (nSPS) is 22.8. The van der Waals surface area contributed by atoms with Crippen LogP contribution in [0.5, 0.6) is 5.75 Å². The molecule has 0 bridgehead atoms. The molecule has 2 heterocycles. The number of hydrogen-bond acceptors (Lipinski definition) is 4. The first-order valence-corrected chi connectivity index (χ1v) is 11.0. The van der Waals surface area contributed by atoms with Crippen LogP contribution in [-0.2, 0) is 16.6 Å². The number of hydrogen-bond donors (Lipinski definition) is 1. The summed E-state index contributed by atoms with van der Waals surface area (Å²) >= 11 is 0. The highest BCUT2D eigenvalue weighted by atomic mass is 16.6. The van der Waals surface area contributed by atoms with Gasteiger partial charge in [-0.05, 0) is 61.4 Å². The highest BCUT2D eigenvalue weighted by Gasteiger charge is 2.34. The minimum atomic E-state index is -0.332. The average Bonchev–Trinajstić information content (AvgIpc) is 3.10. The topological polar surface area (TPSA) is 50.8 Å². The zero-order valence-electron chi connectivity index (χ0n) is 18.0. The molecule has 1 fully saturated rings. The summed E-state index contributed by atoms with van der Waals surface area (Å²) in [6.45, 7) is 4.53. The molecule has 1 saturated heterocycles. The van der Waals surface area contributed by atoms with Gasteiger partial charge in [-0.15, -0.1) is 0 Å². The Bertz CT molecular complexity index is 864. The zero-order chi connectivity index (χ0) is 21.0. The molecule has 2 aliphatic rings. The van der Waals surface area contributed by atoms with Crippen LogP contribution in [0.2, 0.25) is 0 Å². The molecule has 2 aromatic rings. The van der Waals surface area contributed by atoms with Crippen LogP contribution < -0.4 is 10.1 Å². The second-order valence-corrected chi connectivity index (χ2v) is 8.84. The minimum Gasteiger partial charge on any atom is -0.410 e. The number of nitrogens with one attached hydrogen (secondary N) is 1. The number of ether oxygens (including phenoxy) is 2. The minimum absolute atomic E-state index is 0.00936. The molecule has 5 heteroatoms. The first kappa shape index (κ1) is 20.7. The molecular weight excluding hydrogens is 376 g/mol. The number of aryl methyl sites for hydroxylation is 1. The molecule has 5 nitrogen and oxygen atoms in total. The third kappa shape index (κ3) is 4.78. The van der Waals surface area contributed by atoms with Crippen molar-refractivity contribution in [1.82, 2.24) is 4.90 Å². The maximum absolute atomic E-state index is 12.6. The number of fused-ring (bicyclic) bond motifs is 1. The van der Waals surface area contributed by atoms with Crippen LogP contribution in [0.3, 0.4) is 0 Å². The van der Waals surface area contributed by atoms with Crippen molar-refractivity contribution in [2.75, 3.05) is 32.1 Å². The largest absolute Gasteiger partial charge is 0.415 e. The van der Waals surface area contributed by atoms with Gasteiger partial charge in [-0.2, -0.15) is 0 Å². The predicted octanol–water partition coefficient (Wildman–Crippen LogP) is 5.00. The van der Waals surface area contributed by atoms with E-state index in [0.717, 1.165) is 50.9 Å². The van der Waals surface area contributed by atoms with Crippen LogP contribution >= 0.6 is 0 Å². The number of nitrogens with zero attached hydrogens (tertiary/aromatic N) is 1. The van der Waals surface area contributed by atoms with E-state index in [1.165, 1.54) is 11.1 Å². The van der Waals surface area contributed by atoms with Gasteiger partial charge < -0.3 is 19.7 Å². The Morgan fingerprint density at radius 1 is 1.23 bits per heavy atom. The van der Waals surface area contributed by atoms with Crippen LogP contribution in [0.15, 0.2) is 48.5 Å². The molecule has 2 aliphatic heterocycles. The van der Waals surface area contributed by atoms with E-state index in [1.807, 2.05) is 18.2 Å². The highest BCUT2D eigenvalue weighted by Crippen LogP contribution is 2.41. The monoisotopic (exact) mass is 408 g/mol. The van der Waals surface area contributed by atoms with Crippen molar-refractivity contribution < 1.29 is 14.3 Å². The molecule has 0 spiro atoms. The lowest BCUT2D eigenvalue weighted by atomic mass is 9.79. The molecular formula is C25H32N2O3. The van der Waals surface area contributed by atoms with Crippen LogP contribution in [0, 0.1) is 0 Å². The number of carbonyl (C=O) groups excluding carboxylic acids is 1. The van der Waals surface area contributed by atoms with E-state index in [2.05, 4.69) is 42.6 Å². The van der Waals surface area contributed by atoms with Crippen molar-refractivity contribution in [3.8, 4) is 5.75 Å². The van der Waals surface area contributed by atoms with Crippen LogP contribution in [0.4, 0.5) is 10.5 Å². The Labute approximate surface area is 179 Å². The van der Waals surface area contributed by atoms with Crippen molar-refractivity contribution in [2.45, 2.75) is 50.5 Å². The summed E-state index contributed by atoms with van der Waals surface area (Å²) in [5, 5.41) is 3.52. The number of amides is 1. The summed E-state index contributed by atoms with van der Waals surface area (Å²) in [6.07, 6.45) is 5.11. The van der Waals surface area contributed by atoms with Crippen molar-refractivity contribution in [3.05, 3.63) is 59.7 Å². The van der Waals surface area contributed by atoms with E-state index in [4.69, 9.17) is 9.47 Å². The van der Waals surface area contributed by atoms with Crippen LogP contribution in [-0.4, -0.2) is 43.8 Å². The average molecular weight is 409 g/mol.